The lowest BCUT2D eigenvalue weighted by atomic mass is 9.72. The van der Waals surface area contributed by atoms with Crippen LogP contribution in [0.2, 0.25) is 0 Å². The average Bonchev–Trinajstić information content (AvgIpc) is 2.92. The molecule has 6 heteroatoms. The first-order valence-electron chi connectivity index (χ1n) is 11.1. The van der Waals surface area contributed by atoms with Crippen LogP contribution in [0.5, 0.6) is 0 Å². The summed E-state index contributed by atoms with van der Waals surface area (Å²) >= 11 is 0. The minimum absolute atomic E-state index is 0.0118. The molecule has 5 nitrogen and oxygen atoms in total. The lowest BCUT2D eigenvalue weighted by Crippen LogP contribution is -2.65. The van der Waals surface area contributed by atoms with Crippen molar-refractivity contribution < 1.29 is 14.0 Å². The number of hydrogen-bond acceptors (Lipinski definition) is 3. The van der Waals surface area contributed by atoms with Crippen LogP contribution in [-0.2, 0) is 16.0 Å². The van der Waals surface area contributed by atoms with Gasteiger partial charge in [0.25, 0.3) is 0 Å². The molecule has 0 radical (unpaired) electrons. The fourth-order valence-corrected chi connectivity index (χ4v) is 5.32. The van der Waals surface area contributed by atoms with Gasteiger partial charge in [-0.1, -0.05) is 37.5 Å². The SMILES string of the molecule is O=C1CN(C(=O)C2(Cc3ccccc3F)CN(CC3CCCCC3)C2)CCCN1. The number of halogens is 1. The highest BCUT2D eigenvalue weighted by Crippen LogP contribution is 2.38. The third-order valence-corrected chi connectivity index (χ3v) is 6.78. The maximum atomic E-state index is 14.4. The molecule has 2 heterocycles. The molecule has 2 saturated heterocycles. The molecule has 1 aliphatic carbocycles. The molecule has 3 aliphatic rings. The van der Waals surface area contributed by atoms with Crippen LogP contribution in [0.25, 0.3) is 0 Å². The zero-order chi connectivity index (χ0) is 20.3. The van der Waals surface area contributed by atoms with E-state index in [4.69, 9.17) is 0 Å². The highest BCUT2D eigenvalue weighted by molar-refractivity contribution is 5.89. The van der Waals surface area contributed by atoms with E-state index in [1.54, 1.807) is 17.0 Å². The Kier molecular flexibility index (Phi) is 6.18. The van der Waals surface area contributed by atoms with Gasteiger partial charge < -0.3 is 15.1 Å². The smallest absolute Gasteiger partial charge is 0.239 e. The zero-order valence-corrected chi connectivity index (χ0v) is 17.2. The van der Waals surface area contributed by atoms with Crippen molar-refractivity contribution in [1.82, 2.24) is 15.1 Å². The summed E-state index contributed by atoms with van der Waals surface area (Å²) in [6.07, 6.45) is 7.66. The molecule has 1 saturated carbocycles. The average molecular weight is 402 g/mol. The number of benzene rings is 1. The highest BCUT2D eigenvalue weighted by atomic mass is 19.1. The number of nitrogens with one attached hydrogen (secondary N) is 1. The summed E-state index contributed by atoms with van der Waals surface area (Å²) in [4.78, 5) is 29.6. The van der Waals surface area contributed by atoms with Crippen molar-refractivity contribution in [3.63, 3.8) is 0 Å². The Labute approximate surface area is 172 Å². The Morgan fingerprint density at radius 2 is 1.90 bits per heavy atom. The van der Waals surface area contributed by atoms with Crippen molar-refractivity contribution >= 4 is 11.8 Å². The van der Waals surface area contributed by atoms with E-state index in [1.807, 2.05) is 6.07 Å². The van der Waals surface area contributed by atoms with Crippen molar-refractivity contribution in [3.05, 3.63) is 35.6 Å². The molecule has 29 heavy (non-hydrogen) atoms. The van der Waals surface area contributed by atoms with E-state index in [0.29, 0.717) is 44.1 Å². The molecule has 0 spiro atoms. The summed E-state index contributed by atoms with van der Waals surface area (Å²) < 4.78 is 14.4. The van der Waals surface area contributed by atoms with Crippen LogP contribution in [0.3, 0.4) is 0 Å². The number of hydrogen-bond donors (Lipinski definition) is 1. The van der Waals surface area contributed by atoms with Crippen molar-refractivity contribution in [2.75, 3.05) is 39.3 Å². The molecule has 0 aromatic heterocycles. The van der Waals surface area contributed by atoms with Crippen LogP contribution >= 0.6 is 0 Å². The number of carbonyl (C=O) groups is 2. The molecule has 2 amide bonds. The molecule has 0 unspecified atom stereocenters. The second-order valence-corrected chi connectivity index (χ2v) is 9.15. The number of nitrogens with zero attached hydrogens (tertiary/aromatic N) is 2. The molecule has 3 fully saturated rings. The molecular formula is C23H32FN3O2. The van der Waals surface area contributed by atoms with Gasteiger partial charge in [0.05, 0.1) is 12.0 Å². The van der Waals surface area contributed by atoms with Crippen molar-refractivity contribution in [1.29, 1.82) is 0 Å². The van der Waals surface area contributed by atoms with Crippen molar-refractivity contribution in [3.8, 4) is 0 Å². The van der Waals surface area contributed by atoms with Gasteiger partial charge in [-0.25, -0.2) is 4.39 Å². The fourth-order valence-electron chi connectivity index (χ4n) is 5.32. The lowest BCUT2D eigenvalue weighted by molar-refractivity contribution is -0.155. The normalized spacial score (nSPS) is 23.2. The number of amides is 2. The van der Waals surface area contributed by atoms with Crippen LogP contribution in [-0.4, -0.2) is 60.9 Å². The molecule has 0 atom stereocenters. The van der Waals surface area contributed by atoms with Gasteiger partial charge in [-0.3, -0.25) is 9.59 Å². The second-order valence-electron chi connectivity index (χ2n) is 9.15. The van der Waals surface area contributed by atoms with Crippen LogP contribution < -0.4 is 5.32 Å². The lowest BCUT2D eigenvalue weighted by Gasteiger charge is -2.52. The quantitative estimate of drug-likeness (QED) is 0.825. The monoisotopic (exact) mass is 401 g/mol. The van der Waals surface area contributed by atoms with Gasteiger partial charge in [0.1, 0.15) is 5.82 Å². The second kappa shape index (κ2) is 8.82. The number of carbonyl (C=O) groups excluding carboxylic acids is 2. The summed E-state index contributed by atoms with van der Waals surface area (Å²) in [5.41, 5.74) is -0.0287. The first kappa shape index (κ1) is 20.3. The van der Waals surface area contributed by atoms with Gasteiger partial charge in [-0.15, -0.1) is 0 Å². The van der Waals surface area contributed by atoms with Crippen LogP contribution in [0.15, 0.2) is 24.3 Å². The van der Waals surface area contributed by atoms with Gasteiger partial charge in [-0.05, 0) is 43.2 Å². The Balaban J connectivity index is 1.49. The van der Waals surface area contributed by atoms with E-state index in [9.17, 15) is 14.0 Å². The fraction of sp³-hybridized carbons (Fsp3) is 0.652. The molecule has 158 valence electrons. The summed E-state index contributed by atoms with van der Waals surface area (Å²) in [7, 11) is 0. The number of rotatable bonds is 5. The van der Waals surface area contributed by atoms with Gasteiger partial charge in [-0.2, -0.15) is 0 Å². The molecular weight excluding hydrogens is 369 g/mol. The van der Waals surface area contributed by atoms with E-state index >= 15 is 0 Å². The first-order chi connectivity index (χ1) is 14.1. The zero-order valence-electron chi connectivity index (χ0n) is 17.2. The third-order valence-electron chi connectivity index (χ3n) is 6.78. The van der Waals surface area contributed by atoms with E-state index in [1.165, 1.54) is 38.2 Å². The summed E-state index contributed by atoms with van der Waals surface area (Å²) in [5, 5.41) is 2.84. The molecule has 0 bridgehead atoms. The van der Waals surface area contributed by atoms with Crippen LogP contribution in [0.1, 0.15) is 44.1 Å². The van der Waals surface area contributed by atoms with Gasteiger partial charge in [0, 0.05) is 32.7 Å². The summed E-state index contributed by atoms with van der Waals surface area (Å²) in [5.74, 6) is 0.376. The maximum absolute atomic E-state index is 14.4. The Hall–Kier alpha value is -1.95. The standard InChI is InChI=1S/C23H32FN3O2/c24-20-10-5-4-9-19(20)13-23(22(29)27-12-6-11-25-21(28)15-27)16-26(17-23)14-18-7-2-1-3-8-18/h4-5,9-10,18H,1-3,6-8,11-17H2,(H,25,28). The Morgan fingerprint density at radius 1 is 1.14 bits per heavy atom. The maximum Gasteiger partial charge on any atom is 0.239 e. The highest BCUT2D eigenvalue weighted by Gasteiger charge is 2.51. The first-order valence-corrected chi connectivity index (χ1v) is 11.1. The molecule has 1 N–H and O–H groups in total. The third kappa shape index (κ3) is 4.63. The van der Waals surface area contributed by atoms with Crippen LogP contribution in [0, 0.1) is 17.2 Å². The van der Waals surface area contributed by atoms with E-state index in [-0.39, 0.29) is 24.2 Å². The van der Waals surface area contributed by atoms with Crippen molar-refractivity contribution in [2.24, 2.45) is 11.3 Å². The Bertz CT molecular complexity index is 741. The van der Waals surface area contributed by atoms with Crippen molar-refractivity contribution in [2.45, 2.75) is 44.9 Å². The van der Waals surface area contributed by atoms with Gasteiger partial charge in [0.15, 0.2) is 0 Å². The molecule has 1 aromatic rings. The number of likely N-dealkylation sites (tertiary alicyclic amines) is 1. The Morgan fingerprint density at radius 3 is 2.66 bits per heavy atom. The van der Waals surface area contributed by atoms with Crippen LogP contribution in [0.4, 0.5) is 4.39 Å². The van der Waals surface area contributed by atoms with Gasteiger partial charge in [0.2, 0.25) is 11.8 Å². The molecule has 1 aromatic carbocycles. The minimum atomic E-state index is -0.624. The molecule has 2 aliphatic heterocycles. The predicted molar refractivity (Wildman–Crippen MR) is 110 cm³/mol. The largest absolute Gasteiger partial charge is 0.354 e. The van der Waals surface area contributed by atoms with E-state index < -0.39 is 5.41 Å². The van der Waals surface area contributed by atoms with Gasteiger partial charge >= 0.3 is 0 Å². The minimum Gasteiger partial charge on any atom is -0.354 e. The molecule has 4 rings (SSSR count). The topological polar surface area (TPSA) is 52.7 Å². The summed E-state index contributed by atoms with van der Waals surface area (Å²) in [6, 6.07) is 6.76. The van der Waals surface area contributed by atoms with E-state index in [2.05, 4.69) is 10.2 Å². The summed E-state index contributed by atoms with van der Waals surface area (Å²) in [6.45, 7) is 3.66. The predicted octanol–water partition coefficient (Wildman–Crippen LogP) is 2.60. The van der Waals surface area contributed by atoms with E-state index in [0.717, 1.165) is 13.0 Å².